The number of hydrogen-bond donors (Lipinski definition) is 0. The summed E-state index contributed by atoms with van der Waals surface area (Å²) in [5.74, 6) is 0. The minimum atomic E-state index is 0. The van der Waals surface area contributed by atoms with Crippen LogP contribution in [0.2, 0.25) is 0 Å². The summed E-state index contributed by atoms with van der Waals surface area (Å²) in [7, 11) is 0. The first-order valence-electron chi connectivity index (χ1n) is 2.86. The Balaban J connectivity index is 0. The first kappa shape index (κ1) is 12.5. The first-order chi connectivity index (χ1) is 4.20. The standard InChI is InChI=1S/2C3H5O.CH4.Co/c2*1-2-3-4;;/h2*2H2,1H3;1H4;. The van der Waals surface area contributed by atoms with Crippen LogP contribution in [0.1, 0.15) is 34.1 Å². The van der Waals surface area contributed by atoms with Crippen LogP contribution in [0.4, 0.5) is 0 Å². The molecule has 0 unspecified atom stereocenters. The third-order valence-corrected chi connectivity index (χ3v) is 2.03. The second kappa shape index (κ2) is 6.96. The molecule has 0 radical (unpaired) electrons. The normalized spacial score (nSPS) is 8.60. The van der Waals surface area contributed by atoms with Crippen molar-refractivity contribution in [3.05, 3.63) is 0 Å². The molecule has 0 bridgehead atoms. The molecule has 0 aromatic rings. The van der Waals surface area contributed by atoms with Gasteiger partial charge in [0.2, 0.25) is 0 Å². The molecule has 0 aliphatic heterocycles. The van der Waals surface area contributed by atoms with Gasteiger partial charge in [-0.2, -0.15) is 0 Å². The van der Waals surface area contributed by atoms with E-state index in [9.17, 15) is 9.59 Å². The zero-order chi connectivity index (χ0) is 7.28. The van der Waals surface area contributed by atoms with Crippen LogP contribution in [-0.4, -0.2) is 9.44 Å². The summed E-state index contributed by atoms with van der Waals surface area (Å²) in [6, 6.07) is 0. The van der Waals surface area contributed by atoms with Crippen molar-refractivity contribution < 1.29 is 24.3 Å². The molecular weight excluding hydrogens is 175 g/mol. The summed E-state index contributed by atoms with van der Waals surface area (Å²) in [5.41, 5.74) is 0. The fraction of sp³-hybridized carbons (Fsp3) is 0.714. The molecule has 0 aliphatic carbocycles. The maximum atomic E-state index is 10.5. The van der Waals surface area contributed by atoms with Gasteiger partial charge in [0.25, 0.3) is 0 Å². The SMILES string of the molecule is C.CC[C](=O)[Co][C](=O)CC. The van der Waals surface area contributed by atoms with Crippen molar-refractivity contribution >= 4 is 9.44 Å². The van der Waals surface area contributed by atoms with E-state index in [2.05, 4.69) is 0 Å². The van der Waals surface area contributed by atoms with Gasteiger partial charge in [0.1, 0.15) is 0 Å². The van der Waals surface area contributed by atoms with Crippen LogP contribution in [0.25, 0.3) is 0 Å². The monoisotopic (exact) mass is 189 g/mol. The predicted molar refractivity (Wildman–Crippen MR) is 37.3 cm³/mol. The van der Waals surface area contributed by atoms with Crippen molar-refractivity contribution in [3.63, 3.8) is 0 Å². The molecule has 2 nitrogen and oxygen atoms in total. The second-order valence-corrected chi connectivity index (χ2v) is 2.87. The summed E-state index contributed by atoms with van der Waals surface area (Å²) in [5, 5.41) is 0. The summed E-state index contributed by atoms with van der Waals surface area (Å²) < 4.78 is 0.0243. The fourth-order valence-corrected chi connectivity index (χ4v) is 0.913. The molecule has 0 fully saturated rings. The van der Waals surface area contributed by atoms with Gasteiger partial charge in [-0.05, 0) is 0 Å². The Morgan fingerprint density at radius 1 is 1.10 bits per heavy atom. The molecule has 63 valence electrons. The van der Waals surface area contributed by atoms with Gasteiger partial charge in [-0.15, -0.1) is 0 Å². The van der Waals surface area contributed by atoms with Gasteiger partial charge in [0, 0.05) is 0 Å². The Labute approximate surface area is 68.4 Å². The maximum absolute atomic E-state index is 10.5. The van der Waals surface area contributed by atoms with Crippen molar-refractivity contribution in [1.29, 1.82) is 0 Å². The molecule has 10 heavy (non-hydrogen) atoms. The van der Waals surface area contributed by atoms with Gasteiger partial charge >= 0.3 is 60.4 Å². The Hall–Kier alpha value is -0.154. The van der Waals surface area contributed by atoms with Gasteiger partial charge in [-0.1, -0.05) is 7.43 Å². The van der Waals surface area contributed by atoms with Crippen LogP contribution >= 0.6 is 0 Å². The van der Waals surface area contributed by atoms with Crippen LogP contribution in [0, 0.1) is 0 Å². The van der Waals surface area contributed by atoms with Gasteiger partial charge in [-0.3, -0.25) is 0 Å². The molecule has 0 heterocycles. The molecule has 3 heteroatoms. The second-order valence-electron chi connectivity index (χ2n) is 1.45. The van der Waals surface area contributed by atoms with E-state index in [1.807, 2.05) is 0 Å². The summed E-state index contributed by atoms with van der Waals surface area (Å²) in [4.78, 5) is 21.1. The Kier molecular flexibility index (Phi) is 8.71. The first-order valence-corrected chi connectivity index (χ1v) is 3.90. The van der Waals surface area contributed by atoms with Gasteiger partial charge in [0.15, 0.2) is 0 Å². The molecule has 0 aromatic carbocycles. The number of rotatable bonds is 4. The molecule has 0 saturated heterocycles. The van der Waals surface area contributed by atoms with Crippen LogP contribution in [-0.2, 0) is 24.3 Å². The van der Waals surface area contributed by atoms with Gasteiger partial charge in [0.05, 0.1) is 0 Å². The third-order valence-electron chi connectivity index (χ3n) is 0.710. The van der Waals surface area contributed by atoms with E-state index in [4.69, 9.17) is 0 Å². The molecule has 0 spiro atoms. The molecule has 0 amide bonds. The van der Waals surface area contributed by atoms with E-state index >= 15 is 0 Å². The van der Waals surface area contributed by atoms with Gasteiger partial charge in [-0.25, -0.2) is 0 Å². The molecule has 0 atom stereocenters. The van der Waals surface area contributed by atoms with Crippen molar-refractivity contribution in [2.24, 2.45) is 0 Å². The topological polar surface area (TPSA) is 34.1 Å². The Morgan fingerprint density at radius 3 is 1.60 bits per heavy atom. The Bertz CT molecular complexity index is 107. The number of carbonyl (C=O) groups is 2. The summed E-state index contributed by atoms with van der Waals surface area (Å²) in [6.07, 6.45) is 0.928. The average Bonchev–Trinajstić information content (AvgIpc) is 1.87. The quantitative estimate of drug-likeness (QED) is 0.672. The van der Waals surface area contributed by atoms with E-state index < -0.39 is 0 Å². The van der Waals surface area contributed by atoms with E-state index in [1.54, 1.807) is 13.8 Å². The summed E-state index contributed by atoms with van der Waals surface area (Å²) >= 11 is 0.391. The molecule has 0 aromatic heterocycles. The van der Waals surface area contributed by atoms with Crippen LogP contribution in [0.15, 0.2) is 0 Å². The molecule has 0 N–H and O–H groups in total. The number of carbonyl (C=O) groups excluding carboxylic acids is 2. The van der Waals surface area contributed by atoms with Crippen LogP contribution < -0.4 is 0 Å². The van der Waals surface area contributed by atoms with Gasteiger partial charge < -0.3 is 0 Å². The predicted octanol–water partition coefficient (Wildman–Crippen LogP) is 1.58. The van der Waals surface area contributed by atoms with Crippen molar-refractivity contribution in [2.45, 2.75) is 34.1 Å². The van der Waals surface area contributed by atoms with E-state index in [-0.39, 0.29) is 16.9 Å². The average molecular weight is 189 g/mol. The van der Waals surface area contributed by atoms with E-state index in [0.717, 1.165) is 0 Å². The third kappa shape index (κ3) is 5.97. The van der Waals surface area contributed by atoms with Crippen molar-refractivity contribution in [1.82, 2.24) is 0 Å². The fourth-order valence-electron chi connectivity index (χ4n) is 0.222. The van der Waals surface area contributed by atoms with E-state index in [1.165, 1.54) is 0 Å². The van der Waals surface area contributed by atoms with E-state index in [0.29, 0.717) is 27.5 Å². The Morgan fingerprint density at radius 2 is 1.40 bits per heavy atom. The molecule has 0 saturated carbocycles. The summed E-state index contributed by atoms with van der Waals surface area (Å²) in [6.45, 7) is 3.52. The zero-order valence-electron chi connectivity index (χ0n) is 5.56. The molecular formula is C7H14CoO2. The van der Waals surface area contributed by atoms with Crippen molar-refractivity contribution in [3.8, 4) is 0 Å². The van der Waals surface area contributed by atoms with Crippen LogP contribution in [0.5, 0.6) is 0 Å². The molecule has 0 aliphatic rings. The number of hydrogen-bond acceptors (Lipinski definition) is 2. The van der Waals surface area contributed by atoms with Crippen LogP contribution in [0.3, 0.4) is 0 Å². The zero-order valence-corrected chi connectivity index (χ0v) is 6.61. The minimum absolute atomic E-state index is 0. The molecule has 0 rings (SSSR count). The van der Waals surface area contributed by atoms with Crippen molar-refractivity contribution in [2.75, 3.05) is 0 Å².